The number of likely N-dealkylation sites (N-methyl/N-ethyl adjacent to an activating group) is 1. The molecule has 0 unspecified atom stereocenters. The molecule has 0 aliphatic heterocycles. The predicted molar refractivity (Wildman–Crippen MR) is 106 cm³/mol. The Labute approximate surface area is 169 Å². The molecule has 2 aromatic rings. The molecule has 0 saturated carbocycles. The van der Waals surface area contributed by atoms with Crippen LogP contribution >= 0.6 is 11.6 Å². The van der Waals surface area contributed by atoms with E-state index in [4.69, 9.17) is 16.3 Å². The van der Waals surface area contributed by atoms with Crippen molar-refractivity contribution in [2.75, 3.05) is 27.7 Å². The molecule has 0 N–H and O–H groups in total. The van der Waals surface area contributed by atoms with Gasteiger partial charge in [0.25, 0.3) is 5.91 Å². The molecule has 0 fully saturated rings. The zero-order valence-corrected chi connectivity index (χ0v) is 17.3. The van der Waals surface area contributed by atoms with Crippen LogP contribution in [0.5, 0.6) is 0 Å². The Kier molecular flexibility index (Phi) is 7.17. The molecule has 0 atom stereocenters. The van der Waals surface area contributed by atoms with E-state index in [0.717, 1.165) is 15.9 Å². The zero-order chi connectivity index (χ0) is 20.9. The van der Waals surface area contributed by atoms with Crippen LogP contribution in [0.2, 0.25) is 5.02 Å². The number of hydrogen-bond acceptors (Lipinski definition) is 5. The molecule has 2 rings (SSSR count). The number of hydrogen-bond donors (Lipinski definition) is 0. The minimum Gasteiger partial charge on any atom is -0.452 e. The van der Waals surface area contributed by atoms with Crippen LogP contribution in [0.1, 0.15) is 15.9 Å². The average molecular weight is 425 g/mol. The molecule has 0 aromatic heterocycles. The van der Waals surface area contributed by atoms with Crippen molar-refractivity contribution in [3.8, 4) is 0 Å². The first-order valence-corrected chi connectivity index (χ1v) is 10.1. The summed E-state index contributed by atoms with van der Waals surface area (Å²) in [6.07, 6.45) is 0. The summed E-state index contributed by atoms with van der Waals surface area (Å²) < 4.78 is 30.5. The quantitative estimate of drug-likeness (QED) is 0.637. The molecule has 7 nitrogen and oxygen atoms in total. The van der Waals surface area contributed by atoms with E-state index in [-0.39, 0.29) is 15.5 Å². The van der Waals surface area contributed by atoms with Gasteiger partial charge in [0.2, 0.25) is 10.0 Å². The van der Waals surface area contributed by atoms with E-state index in [1.54, 1.807) is 7.05 Å². The molecule has 0 radical (unpaired) electrons. The van der Waals surface area contributed by atoms with Crippen LogP contribution in [-0.2, 0) is 26.1 Å². The van der Waals surface area contributed by atoms with Gasteiger partial charge in [0.15, 0.2) is 6.61 Å². The second kappa shape index (κ2) is 9.18. The summed E-state index contributed by atoms with van der Waals surface area (Å²) in [5, 5.41) is 0.0350. The third-order valence-electron chi connectivity index (χ3n) is 3.95. The van der Waals surface area contributed by atoms with Crippen molar-refractivity contribution in [1.82, 2.24) is 9.21 Å². The van der Waals surface area contributed by atoms with E-state index in [1.165, 1.54) is 31.1 Å². The molecule has 0 heterocycles. The first-order chi connectivity index (χ1) is 13.1. The summed E-state index contributed by atoms with van der Waals surface area (Å²) in [7, 11) is 0.617. The van der Waals surface area contributed by atoms with Crippen LogP contribution in [0.4, 0.5) is 0 Å². The predicted octanol–water partition coefficient (Wildman–Crippen LogP) is 2.41. The molecule has 150 valence electrons. The standard InChI is InChI=1S/C19H21ClN2O5S/c1-21(2)28(25,26)15-9-10-17(20)16(11-15)19(24)27-13-18(23)22(3)12-14-7-5-4-6-8-14/h4-11H,12-13H2,1-3H3. The first kappa shape index (κ1) is 21.9. The van der Waals surface area contributed by atoms with E-state index in [0.29, 0.717) is 6.54 Å². The molecular formula is C19H21ClN2O5S. The number of halogens is 1. The molecule has 28 heavy (non-hydrogen) atoms. The van der Waals surface area contributed by atoms with E-state index in [2.05, 4.69) is 0 Å². The van der Waals surface area contributed by atoms with Gasteiger partial charge in [-0.1, -0.05) is 41.9 Å². The third kappa shape index (κ3) is 5.31. The smallest absolute Gasteiger partial charge is 0.340 e. The molecule has 0 saturated heterocycles. The number of sulfonamides is 1. The average Bonchev–Trinajstić information content (AvgIpc) is 2.66. The van der Waals surface area contributed by atoms with Crippen molar-refractivity contribution in [2.45, 2.75) is 11.4 Å². The minimum absolute atomic E-state index is 0.0350. The van der Waals surface area contributed by atoms with Gasteiger partial charge in [0.1, 0.15) is 0 Å². The maximum atomic E-state index is 12.3. The lowest BCUT2D eigenvalue weighted by molar-refractivity contribution is -0.133. The molecule has 0 aliphatic rings. The number of carbonyl (C=O) groups excluding carboxylic acids is 2. The van der Waals surface area contributed by atoms with Crippen molar-refractivity contribution >= 4 is 33.5 Å². The fourth-order valence-electron chi connectivity index (χ4n) is 2.29. The Morgan fingerprint density at radius 1 is 1.04 bits per heavy atom. The SMILES string of the molecule is CN(Cc1ccccc1)C(=O)COC(=O)c1cc(S(=O)(=O)N(C)C)ccc1Cl. The normalized spacial score (nSPS) is 11.3. The summed E-state index contributed by atoms with van der Waals surface area (Å²) in [5.74, 6) is -1.27. The van der Waals surface area contributed by atoms with Gasteiger partial charge in [-0.3, -0.25) is 4.79 Å². The number of rotatable bonds is 7. The van der Waals surface area contributed by atoms with E-state index < -0.39 is 28.5 Å². The number of esters is 1. The van der Waals surface area contributed by atoms with Crippen LogP contribution in [0.25, 0.3) is 0 Å². The maximum Gasteiger partial charge on any atom is 0.340 e. The Morgan fingerprint density at radius 3 is 2.29 bits per heavy atom. The van der Waals surface area contributed by atoms with Gasteiger partial charge in [0, 0.05) is 27.7 Å². The number of benzene rings is 2. The number of nitrogens with zero attached hydrogens (tertiary/aromatic N) is 2. The van der Waals surface area contributed by atoms with Gasteiger partial charge in [-0.2, -0.15) is 0 Å². The van der Waals surface area contributed by atoms with Crippen molar-refractivity contribution in [1.29, 1.82) is 0 Å². The fourth-order valence-corrected chi connectivity index (χ4v) is 3.42. The summed E-state index contributed by atoms with van der Waals surface area (Å²) in [5.41, 5.74) is 0.817. The molecule has 1 amide bonds. The zero-order valence-electron chi connectivity index (χ0n) is 15.8. The highest BCUT2D eigenvalue weighted by Gasteiger charge is 2.22. The highest BCUT2D eigenvalue weighted by molar-refractivity contribution is 7.89. The van der Waals surface area contributed by atoms with E-state index in [9.17, 15) is 18.0 Å². The summed E-state index contributed by atoms with van der Waals surface area (Å²) in [6, 6.07) is 13.1. The lowest BCUT2D eigenvalue weighted by Gasteiger charge is -2.17. The van der Waals surface area contributed by atoms with Gasteiger partial charge in [-0.05, 0) is 23.8 Å². The second-order valence-corrected chi connectivity index (χ2v) is 8.80. The summed E-state index contributed by atoms with van der Waals surface area (Å²) in [4.78, 5) is 25.8. The van der Waals surface area contributed by atoms with Gasteiger partial charge in [-0.15, -0.1) is 0 Å². The highest BCUT2D eigenvalue weighted by Crippen LogP contribution is 2.23. The largest absolute Gasteiger partial charge is 0.452 e. The van der Waals surface area contributed by atoms with Crippen LogP contribution in [0.15, 0.2) is 53.4 Å². The van der Waals surface area contributed by atoms with E-state index >= 15 is 0 Å². The second-order valence-electron chi connectivity index (χ2n) is 6.24. The topological polar surface area (TPSA) is 84.0 Å². The first-order valence-electron chi connectivity index (χ1n) is 8.30. The Balaban J connectivity index is 2.05. The Hall–Kier alpha value is -2.42. The number of ether oxygens (including phenoxy) is 1. The highest BCUT2D eigenvalue weighted by atomic mass is 35.5. The van der Waals surface area contributed by atoms with Crippen molar-refractivity contribution in [3.05, 3.63) is 64.7 Å². The number of carbonyl (C=O) groups is 2. The molecule has 0 spiro atoms. The van der Waals surface area contributed by atoms with E-state index in [1.807, 2.05) is 30.3 Å². The summed E-state index contributed by atoms with van der Waals surface area (Å²) >= 11 is 6.00. The van der Waals surface area contributed by atoms with Gasteiger partial charge in [0.05, 0.1) is 15.5 Å². The van der Waals surface area contributed by atoms with Gasteiger partial charge in [-0.25, -0.2) is 17.5 Å². The van der Waals surface area contributed by atoms with Gasteiger partial charge >= 0.3 is 5.97 Å². The molecule has 9 heteroatoms. The number of amides is 1. The van der Waals surface area contributed by atoms with Gasteiger partial charge < -0.3 is 9.64 Å². The lowest BCUT2D eigenvalue weighted by atomic mass is 10.2. The Morgan fingerprint density at radius 2 is 1.68 bits per heavy atom. The van der Waals surface area contributed by atoms with Crippen molar-refractivity contribution in [3.63, 3.8) is 0 Å². The maximum absolute atomic E-state index is 12.3. The molecule has 2 aromatic carbocycles. The lowest BCUT2D eigenvalue weighted by Crippen LogP contribution is -2.31. The van der Waals surface area contributed by atoms with Crippen LogP contribution in [-0.4, -0.2) is 57.2 Å². The van der Waals surface area contributed by atoms with Crippen LogP contribution in [0, 0.1) is 0 Å². The van der Waals surface area contributed by atoms with Crippen LogP contribution < -0.4 is 0 Å². The summed E-state index contributed by atoms with van der Waals surface area (Å²) in [6.45, 7) is -0.113. The van der Waals surface area contributed by atoms with Crippen LogP contribution in [0.3, 0.4) is 0 Å². The monoisotopic (exact) mass is 424 g/mol. The molecular weight excluding hydrogens is 404 g/mol. The van der Waals surface area contributed by atoms with Crippen molar-refractivity contribution in [2.24, 2.45) is 0 Å². The third-order valence-corrected chi connectivity index (χ3v) is 6.09. The van der Waals surface area contributed by atoms with Crippen molar-refractivity contribution < 1.29 is 22.7 Å². The Bertz CT molecular complexity index is 962. The fraction of sp³-hybridized carbons (Fsp3) is 0.263. The minimum atomic E-state index is -3.74. The molecule has 0 bridgehead atoms. The molecule has 0 aliphatic carbocycles.